The van der Waals surface area contributed by atoms with Crippen molar-refractivity contribution in [2.24, 2.45) is 5.92 Å². The highest BCUT2D eigenvalue weighted by molar-refractivity contribution is 6.10. The van der Waals surface area contributed by atoms with Crippen LogP contribution in [0.5, 0.6) is 11.5 Å². The summed E-state index contributed by atoms with van der Waals surface area (Å²) in [5, 5.41) is 2.29. The lowest BCUT2D eigenvalue weighted by Gasteiger charge is -2.20. The molecule has 0 aliphatic carbocycles. The van der Waals surface area contributed by atoms with Crippen molar-refractivity contribution in [2.75, 3.05) is 0 Å². The van der Waals surface area contributed by atoms with Crippen molar-refractivity contribution in [1.29, 1.82) is 0 Å². The third kappa shape index (κ3) is 8.67. The molecule has 12 aromatic rings. The molecular weight excluding hydrogens is 889 g/mol. The predicted octanol–water partition coefficient (Wildman–Crippen LogP) is 17.2. The quantitative estimate of drug-likeness (QED) is 0.0957. The monoisotopic (exact) mass is 944 g/mol. The second kappa shape index (κ2) is 18.7. The Morgan fingerprint density at radius 3 is 1.81 bits per heavy atom. The summed E-state index contributed by atoms with van der Waals surface area (Å²) in [4.78, 5) is 5.28. The van der Waals surface area contributed by atoms with Gasteiger partial charge in [0.15, 0.2) is 0 Å². The van der Waals surface area contributed by atoms with E-state index in [1.807, 2.05) is 6.07 Å². The Bertz CT molecular complexity index is 3900. The Balaban J connectivity index is 0.968. The SMILES string of the molecule is CC(C)Cc1cc(-n2c3ccc(-c4ccccc4)cc3c3ccc(Oc4cccc(-n5[c-][n+](-c6c(-c7ccccc7)cccc6-c6ccccc6)c6ccccc65)c4)cc32)ncc1-c1ccc(C(C)(C)C)cc1. The summed E-state index contributed by atoms with van der Waals surface area (Å²) in [6.07, 6.45) is 6.82. The van der Waals surface area contributed by atoms with Crippen LogP contribution in [0.3, 0.4) is 0 Å². The lowest BCUT2D eigenvalue weighted by molar-refractivity contribution is -0.571. The van der Waals surface area contributed by atoms with E-state index in [4.69, 9.17) is 9.72 Å². The fourth-order valence-corrected chi connectivity index (χ4v) is 10.5. The van der Waals surface area contributed by atoms with Gasteiger partial charge >= 0.3 is 0 Å². The molecule has 0 saturated carbocycles. The van der Waals surface area contributed by atoms with E-state index in [9.17, 15) is 0 Å². The number of pyridine rings is 1. The molecule has 0 N–H and O–H groups in total. The second-order valence-corrected chi connectivity index (χ2v) is 20.5. The molecule has 3 heterocycles. The first kappa shape index (κ1) is 45.3. The largest absolute Gasteiger partial charge is 0.458 e. The fraction of sp³-hybridized carbons (Fsp3) is 0.118. The van der Waals surface area contributed by atoms with Crippen LogP contribution >= 0.6 is 0 Å². The van der Waals surface area contributed by atoms with Gasteiger partial charge in [-0.15, -0.1) is 0 Å². The summed E-state index contributed by atoms with van der Waals surface area (Å²) in [6.45, 7) is 11.4. The molecule has 0 spiro atoms. The maximum atomic E-state index is 6.90. The Labute approximate surface area is 427 Å². The number of imidazole rings is 1. The molecule has 0 amide bonds. The van der Waals surface area contributed by atoms with Gasteiger partial charge in [0, 0.05) is 28.6 Å². The first-order valence-electron chi connectivity index (χ1n) is 25.4. The van der Waals surface area contributed by atoms with Crippen LogP contribution in [0.2, 0.25) is 0 Å². The van der Waals surface area contributed by atoms with Crippen LogP contribution in [-0.2, 0) is 11.8 Å². The van der Waals surface area contributed by atoms with Crippen LogP contribution in [0.25, 0.3) is 94.5 Å². The minimum Gasteiger partial charge on any atom is -0.458 e. The number of fused-ring (bicyclic) bond motifs is 4. The summed E-state index contributed by atoms with van der Waals surface area (Å²) in [5.74, 6) is 2.78. The van der Waals surface area contributed by atoms with E-state index in [0.29, 0.717) is 5.92 Å². The average molecular weight is 945 g/mol. The third-order valence-corrected chi connectivity index (χ3v) is 14.0. The molecule has 0 atom stereocenters. The summed E-state index contributed by atoms with van der Waals surface area (Å²) in [5.41, 5.74) is 18.1. The maximum absolute atomic E-state index is 6.90. The summed E-state index contributed by atoms with van der Waals surface area (Å²) < 4.78 is 13.6. The van der Waals surface area contributed by atoms with Crippen molar-refractivity contribution in [1.82, 2.24) is 14.1 Å². The molecular formula is C68H56N4O. The minimum absolute atomic E-state index is 0.0764. The van der Waals surface area contributed by atoms with E-state index >= 15 is 0 Å². The van der Waals surface area contributed by atoms with E-state index in [2.05, 4.69) is 279 Å². The normalized spacial score (nSPS) is 11.8. The van der Waals surface area contributed by atoms with E-state index in [-0.39, 0.29) is 5.41 Å². The van der Waals surface area contributed by atoms with Gasteiger partial charge in [0.2, 0.25) is 0 Å². The first-order valence-corrected chi connectivity index (χ1v) is 25.4. The molecule has 0 radical (unpaired) electrons. The Morgan fingerprint density at radius 1 is 0.507 bits per heavy atom. The molecule has 0 fully saturated rings. The third-order valence-electron chi connectivity index (χ3n) is 14.0. The van der Waals surface area contributed by atoms with Gasteiger partial charge < -0.3 is 4.74 Å². The minimum atomic E-state index is 0.0764. The lowest BCUT2D eigenvalue weighted by Crippen LogP contribution is -2.31. The van der Waals surface area contributed by atoms with Crippen LogP contribution in [-0.4, -0.2) is 14.1 Å². The van der Waals surface area contributed by atoms with Gasteiger partial charge in [-0.1, -0.05) is 204 Å². The van der Waals surface area contributed by atoms with Gasteiger partial charge in [0.05, 0.1) is 33.4 Å². The van der Waals surface area contributed by atoms with Crippen molar-refractivity contribution in [3.63, 3.8) is 0 Å². The van der Waals surface area contributed by atoms with Crippen LogP contribution < -0.4 is 9.30 Å². The highest BCUT2D eigenvalue weighted by Gasteiger charge is 2.22. The van der Waals surface area contributed by atoms with Gasteiger partial charge in [-0.25, -0.2) is 4.98 Å². The van der Waals surface area contributed by atoms with Gasteiger partial charge in [0.25, 0.3) is 6.33 Å². The summed E-state index contributed by atoms with van der Waals surface area (Å²) in [7, 11) is 0. The van der Waals surface area contributed by atoms with E-state index in [1.165, 1.54) is 33.4 Å². The van der Waals surface area contributed by atoms with Crippen LogP contribution in [0.4, 0.5) is 0 Å². The molecule has 0 unspecified atom stereocenters. The van der Waals surface area contributed by atoms with Crippen molar-refractivity contribution in [3.8, 4) is 73.2 Å². The molecule has 73 heavy (non-hydrogen) atoms. The van der Waals surface area contributed by atoms with Crippen molar-refractivity contribution < 1.29 is 9.30 Å². The number of benzene rings is 9. The van der Waals surface area contributed by atoms with E-state index < -0.39 is 0 Å². The fourth-order valence-electron chi connectivity index (χ4n) is 10.5. The highest BCUT2D eigenvalue weighted by atomic mass is 16.5. The highest BCUT2D eigenvalue weighted by Crippen LogP contribution is 2.40. The molecule has 3 aromatic heterocycles. The molecule has 0 aliphatic heterocycles. The van der Waals surface area contributed by atoms with Crippen LogP contribution in [0.1, 0.15) is 45.7 Å². The zero-order chi connectivity index (χ0) is 49.6. The zero-order valence-corrected chi connectivity index (χ0v) is 41.9. The van der Waals surface area contributed by atoms with Gasteiger partial charge in [-0.2, -0.15) is 0 Å². The first-order chi connectivity index (χ1) is 35.6. The number of hydrogen-bond acceptors (Lipinski definition) is 2. The van der Waals surface area contributed by atoms with E-state index in [0.717, 1.165) is 90.2 Å². The topological polar surface area (TPSA) is 35.9 Å². The summed E-state index contributed by atoms with van der Waals surface area (Å²) in [6, 6.07) is 79.9. The molecule has 354 valence electrons. The predicted molar refractivity (Wildman–Crippen MR) is 301 cm³/mol. The number of hydrogen-bond donors (Lipinski definition) is 0. The lowest BCUT2D eigenvalue weighted by atomic mass is 9.86. The molecule has 5 nitrogen and oxygen atoms in total. The number of rotatable bonds is 11. The zero-order valence-electron chi connectivity index (χ0n) is 41.9. The molecule has 0 aliphatic rings. The summed E-state index contributed by atoms with van der Waals surface area (Å²) >= 11 is 0. The van der Waals surface area contributed by atoms with E-state index in [1.54, 1.807) is 0 Å². The van der Waals surface area contributed by atoms with Crippen molar-refractivity contribution in [2.45, 2.75) is 46.5 Å². The molecule has 9 aromatic carbocycles. The number of nitrogens with zero attached hydrogens (tertiary/aromatic N) is 4. The number of ether oxygens (including phenoxy) is 1. The van der Waals surface area contributed by atoms with Crippen LogP contribution in [0.15, 0.2) is 231 Å². The Hall–Kier alpha value is -8.80. The number of aromatic nitrogens is 4. The molecule has 0 bridgehead atoms. The molecule has 5 heteroatoms. The van der Waals surface area contributed by atoms with Gasteiger partial charge in [-0.3, -0.25) is 13.7 Å². The Kier molecular flexibility index (Phi) is 11.6. The van der Waals surface area contributed by atoms with Crippen molar-refractivity contribution in [3.05, 3.63) is 248 Å². The van der Waals surface area contributed by atoms with Gasteiger partial charge in [0.1, 0.15) is 17.3 Å². The number of para-hydroxylation sites is 3. The molecule has 12 rings (SSSR count). The van der Waals surface area contributed by atoms with Crippen LogP contribution in [0, 0.1) is 12.2 Å². The maximum Gasteiger partial charge on any atom is 0.269 e. The molecule has 0 saturated heterocycles. The second-order valence-electron chi connectivity index (χ2n) is 20.5. The van der Waals surface area contributed by atoms with Gasteiger partial charge in [-0.05, 0) is 116 Å². The average Bonchev–Trinajstić information content (AvgIpc) is 3.97. The smallest absolute Gasteiger partial charge is 0.269 e. The van der Waals surface area contributed by atoms with Crippen molar-refractivity contribution >= 4 is 32.8 Å². The standard InChI is InChI=1S/C68H56N4O/c1-46(2)39-52-41-66(69-44-61(52)50-31-34-53(35-32-50)68(3,4)5)72-62-38-33-51(47-19-9-6-10-20-47)40-60(62)59-37-36-56(43-65(59)72)73-55-26-17-25-54(42-55)70-45-71(64-30-16-15-29-63(64)70)67-57(48-21-11-7-12-22-48)27-18-28-58(67)49-23-13-8-14-24-49/h6-38,40-44,46H,39H2,1-5H3. The Morgan fingerprint density at radius 2 is 1.12 bits per heavy atom.